The summed E-state index contributed by atoms with van der Waals surface area (Å²) in [5, 5.41) is 2.70. The number of ether oxygens (including phenoxy) is 6. The van der Waals surface area contributed by atoms with Crippen molar-refractivity contribution in [2.45, 2.75) is 18.7 Å². The lowest BCUT2D eigenvalue weighted by Gasteiger charge is -2.09. The highest BCUT2D eigenvalue weighted by molar-refractivity contribution is 7.86. The minimum Gasteiger partial charge on any atom is -0.491 e. The molecule has 2 aromatic carbocycles. The van der Waals surface area contributed by atoms with Crippen molar-refractivity contribution in [2.24, 2.45) is 0 Å². The van der Waals surface area contributed by atoms with Gasteiger partial charge in [-0.2, -0.15) is 8.42 Å². The van der Waals surface area contributed by atoms with Crippen LogP contribution in [0, 0.1) is 6.92 Å². The Labute approximate surface area is 230 Å². The topological polar surface area (TPSA) is 128 Å². The van der Waals surface area contributed by atoms with Crippen LogP contribution in [0.3, 0.4) is 0 Å². The SMILES string of the molecule is CC(=O)Nc1ccc(OCCOCCOCCOCCOCCOCCOS(=O)(=O)c2ccc(C)cc2)cc1. The van der Waals surface area contributed by atoms with Gasteiger partial charge in [-0.1, -0.05) is 17.7 Å². The van der Waals surface area contributed by atoms with E-state index in [9.17, 15) is 13.2 Å². The zero-order valence-electron chi connectivity index (χ0n) is 22.6. The molecule has 0 atom stereocenters. The van der Waals surface area contributed by atoms with Crippen LogP contribution in [0.15, 0.2) is 53.4 Å². The van der Waals surface area contributed by atoms with E-state index in [0.29, 0.717) is 71.8 Å². The van der Waals surface area contributed by atoms with Crippen LogP contribution in [0.4, 0.5) is 5.69 Å². The average molecular weight is 570 g/mol. The van der Waals surface area contributed by atoms with Crippen LogP contribution >= 0.6 is 0 Å². The molecule has 2 aromatic rings. The van der Waals surface area contributed by atoms with Gasteiger partial charge in [-0.05, 0) is 43.3 Å². The normalized spacial score (nSPS) is 11.4. The molecular weight excluding hydrogens is 530 g/mol. The molecule has 0 bridgehead atoms. The van der Waals surface area contributed by atoms with Crippen LogP contribution in [0.2, 0.25) is 0 Å². The van der Waals surface area contributed by atoms with Gasteiger partial charge in [0.25, 0.3) is 10.1 Å². The van der Waals surface area contributed by atoms with Crippen LogP contribution in [-0.4, -0.2) is 93.6 Å². The summed E-state index contributed by atoms with van der Waals surface area (Å²) in [7, 11) is -3.77. The highest BCUT2D eigenvalue weighted by atomic mass is 32.2. The lowest BCUT2D eigenvalue weighted by Crippen LogP contribution is -2.15. The van der Waals surface area contributed by atoms with E-state index in [1.165, 1.54) is 19.1 Å². The Hall–Kier alpha value is -2.58. The predicted octanol–water partition coefficient (Wildman–Crippen LogP) is 2.82. The summed E-state index contributed by atoms with van der Waals surface area (Å²) in [5.41, 5.74) is 1.70. The zero-order valence-corrected chi connectivity index (χ0v) is 23.4. The van der Waals surface area contributed by atoms with Gasteiger partial charge in [-0.25, -0.2) is 0 Å². The third-order valence-corrected chi connectivity index (χ3v) is 6.26. The second kappa shape index (κ2) is 19.5. The molecule has 1 amide bonds. The maximum atomic E-state index is 12.0. The summed E-state index contributed by atoms with van der Waals surface area (Å²) >= 11 is 0. The van der Waals surface area contributed by atoms with Gasteiger partial charge in [0.2, 0.25) is 5.91 Å². The smallest absolute Gasteiger partial charge is 0.297 e. The van der Waals surface area contributed by atoms with Crippen molar-refractivity contribution < 1.29 is 45.8 Å². The van der Waals surface area contributed by atoms with Gasteiger partial charge in [0.15, 0.2) is 0 Å². The number of rotatable bonds is 22. The Bertz CT molecular complexity index is 1030. The molecular formula is C27H39NO10S. The molecule has 0 fully saturated rings. The first-order chi connectivity index (χ1) is 18.9. The lowest BCUT2D eigenvalue weighted by molar-refractivity contribution is -0.114. The summed E-state index contributed by atoms with van der Waals surface area (Å²) in [6.07, 6.45) is 0. The summed E-state index contributed by atoms with van der Waals surface area (Å²) in [5.74, 6) is 0.587. The van der Waals surface area contributed by atoms with E-state index in [0.717, 1.165) is 11.3 Å². The number of carbonyl (C=O) groups is 1. The minimum absolute atomic E-state index is 0.0609. The van der Waals surface area contributed by atoms with Gasteiger partial charge in [-0.15, -0.1) is 0 Å². The van der Waals surface area contributed by atoms with Gasteiger partial charge in [-0.3, -0.25) is 8.98 Å². The van der Waals surface area contributed by atoms with Crippen LogP contribution < -0.4 is 10.1 Å². The van der Waals surface area contributed by atoms with E-state index < -0.39 is 10.1 Å². The second-order valence-corrected chi connectivity index (χ2v) is 9.82. The lowest BCUT2D eigenvalue weighted by atomic mass is 10.2. The van der Waals surface area contributed by atoms with Crippen molar-refractivity contribution in [2.75, 3.05) is 84.6 Å². The molecule has 0 saturated heterocycles. The molecule has 11 nitrogen and oxygen atoms in total. The molecule has 0 aliphatic carbocycles. The van der Waals surface area contributed by atoms with E-state index in [1.54, 1.807) is 36.4 Å². The van der Waals surface area contributed by atoms with E-state index in [1.807, 2.05) is 6.92 Å². The van der Waals surface area contributed by atoms with Crippen molar-refractivity contribution in [3.8, 4) is 5.75 Å². The molecule has 0 aliphatic rings. The summed E-state index contributed by atoms with van der Waals surface area (Å²) < 4.78 is 61.7. The first-order valence-corrected chi connectivity index (χ1v) is 14.1. The third kappa shape index (κ3) is 15.6. The number of hydrogen-bond acceptors (Lipinski definition) is 10. The summed E-state index contributed by atoms with van der Waals surface area (Å²) in [6.45, 7) is 7.64. The van der Waals surface area contributed by atoms with Gasteiger partial charge in [0.05, 0.1) is 77.6 Å². The first kappa shape index (κ1) is 32.6. The van der Waals surface area contributed by atoms with Crippen molar-refractivity contribution >= 4 is 21.7 Å². The van der Waals surface area contributed by atoms with Gasteiger partial charge in [0, 0.05) is 12.6 Å². The number of anilines is 1. The molecule has 0 unspecified atom stereocenters. The minimum atomic E-state index is -3.77. The number of nitrogens with one attached hydrogen (secondary N) is 1. The highest BCUT2D eigenvalue weighted by Crippen LogP contribution is 2.15. The molecule has 0 aromatic heterocycles. The van der Waals surface area contributed by atoms with Crippen LogP contribution in [-0.2, 0) is 42.8 Å². The van der Waals surface area contributed by atoms with Gasteiger partial charge >= 0.3 is 0 Å². The molecule has 2 rings (SSSR count). The highest BCUT2D eigenvalue weighted by Gasteiger charge is 2.14. The molecule has 0 aliphatic heterocycles. The molecule has 0 saturated carbocycles. The number of carbonyl (C=O) groups excluding carboxylic acids is 1. The fourth-order valence-corrected chi connectivity index (χ4v) is 3.91. The van der Waals surface area contributed by atoms with Crippen molar-refractivity contribution in [1.82, 2.24) is 0 Å². The Morgan fingerprint density at radius 1 is 0.641 bits per heavy atom. The summed E-state index contributed by atoms with van der Waals surface area (Å²) in [4.78, 5) is 11.1. The maximum absolute atomic E-state index is 12.0. The Kier molecular flexibility index (Phi) is 16.3. The third-order valence-electron chi connectivity index (χ3n) is 4.93. The van der Waals surface area contributed by atoms with E-state index in [4.69, 9.17) is 32.6 Å². The largest absolute Gasteiger partial charge is 0.491 e. The molecule has 1 N–H and O–H groups in total. The van der Waals surface area contributed by atoms with Crippen LogP contribution in [0.1, 0.15) is 12.5 Å². The fraction of sp³-hybridized carbons (Fsp3) is 0.519. The predicted molar refractivity (Wildman–Crippen MR) is 145 cm³/mol. The Morgan fingerprint density at radius 2 is 1.08 bits per heavy atom. The molecule has 0 radical (unpaired) electrons. The van der Waals surface area contributed by atoms with Gasteiger partial charge in [0.1, 0.15) is 12.4 Å². The molecule has 0 heterocycles. The summed E-state index contributed by atoms with van der Waals surface area (Å²) in [6, 6.07) is 13.6. The number of benzene rings is 2. The number of hydrogen-bond donors (Lipinski definition) is 1. The van der Waals surface area contributed by atoms with E-state index in [-0.39, 0.29) is 24.0 Å². The van der Waals surface area contributed by atoms with Crippen molar-refractivity contribution in [1.29, 1.82) is 0 Å². The molecule has 12 heteroatoms. The maximum Gasteiger partial charge on any atom is 0.297 e. The molecule has 218 valence electrons. The van der Waals surface area contributed by atoms with Crippen molar-refractivity contribution in [3.63, 3.8) is 0 Å². The monoisotopic (exact) mass is 569 g/mol. The second-order valence-electron chi connectivity index (χ2n) is 8.21. The standard InChI is InChI=1S/C27H39NO10S/c1-23-3-9-27(10-4-23)39(30,31)38-22-20-36-18-16-34-14-12-32-11-13-33-15-17-35-19-21-37-26-7-5-25(6-8-26)28-24(2)29/h3-10H,11-22H2,1-2H3,(H,28,29). The van der Waals surface area contributed by atoms with Crippen LogP contribution in [0.5, 0.6) is 5.75 Å². The Morgan fingerprint density at radius 3 is 1.54 bits per heavy atom. The first-order valence-electron chi connectivity index (χ1n) is 12.7. The Balaban J connectivity index is 1.30. The van der Waals surface area contributed by atoms with Crippen molar-refractivity contribution in [3.05, 3.63) is 54.1 Å². The molecule has 0 spiro atoms. The van der Waals surface area contributed by atoms with Crippen LogP contribution in [0.25, 0.3) is 0 Å². The fourth-order valence-electron chi connectivity index (χ4n) is 3.01. The average Bonchev–Trinajstić information content (AvgIpc) is 2.91. The van der Waals surface area contributed by atoms with E-state index in [2.05, 4.69) is 5.32 Å². The quantitative estimate of drug-likeness (QED) is 0.167. The number of amides is 1. The van der Waals surface area contributed by atoms with Gasteiger partial charge < -0.3 is 33.7 Å². The van der Waals surface area contributed by atoms with E-state index >= 15 is 0 Å². The molecule has 39 heavy (non-hydrogen) atoms. The number of aryl methyl sites for hydroxylation is 1. The zero-order chi connectivity index (χ0) is 28.2.